The lowest BCUT2D eigenvalue weighted by Crippen LogP contribution is -2.48. The van der Waals surface area contributed by atoms with Gasteiger partial charge in [0.2, 0.25) is 5.95 Å². The second-order valence-corrected chi connectivity index (χ2v) is 5.05. The molecule has 2 aliphatic heterocycles. The topological polar surface area (TPSA) is 56.3 Å². The molecule has 2 saturated heterocycles. The van der Waals surface area contributed by atoms with Crippen LogP contribution in [0.2, 0.25) is 0 Å². The van der Waals surface area contributed by atoms with Gasteiger partial charge in [0, 0.05) is 38.3 Å². The largest absolute Gasteiger partial charge is 0.381 e. The highest BCUT2D eigenvalue weighted by Gasteiger charge is 2.39. The maximum atomic E-state index is 6.01. The molecule has 3 rings (SSSR count). The molecule has 0 bridgehead atoms. The third-order valence-electron chi connectivity index (χ3n) is 3.80. The molecular weight excluding hydrogens is 230 g/mol. The summed E-state index contributed by atoms with van der Waals surface area (Å²) < 4.78 is 11.4. The van der Waals surface area contributed by atoms with Crippen molar-refractivity contribution in [3.63, 3.8) is 0 Å². The molecule has 0 aliphatic carbocycles. The second-order valence-electron chi connectivity index (χ2n) is 5.05. The minimum absolute atomic E-state index is 0.0168. The summed E-state index contributed by atoms with van der Waals surface area (Å²) in [5.74, 6) is 0.714. The van der Waals surface area contributed by atoms with E-state index < -0.39 is 0 Å². The molecule has 1 unspecified atom stereocenters. The fourth-order valence-corrected chi connectivity index (χ4v) is 2.80. The van der Waals surface area contributed by atoms with Crippen LogP contribution in [0.15, 0.2) is 18.5 Å². The van der Waals surface area contributed by atoms with Crippen molar-refractivity contribution in [3.8, 4) is 0 Å². The van der Waals surface area contributed by atoms with Crippen molar-refractivity contribution in [3.05, 3.63) is 18.5 Å². The zero-order valence-corrected chi connectivity index (χ0v) is 10.5. The number of rotatable bonds is 2. The predicted molar refractivity (Wildman–Crippen MR) is 67.4 cm³/mol. The maximum Gasteiger partial charge on any atom is 0.222 e. The highest BCUT2D eigenvalue weighted by molar-refractivity contribution is 5.24. The van der Waals surface area contributed by atoms with E-state index in [1.807, 2.05) is 6.07 Å². The van der Waals surface area contributed by atoms with Crippen LogP contribution in [0.5, 0.6) is 0 Å². The van der Waals surface area contributed by atoms with E-state index >= 15 is 0 Å². The summed E-state index contributed by atoms with van der Waals surface area (Å²) in [7, 11) is 0. The van der Waals surface area contributed by atoms with Gasteiger partial charge in [-0.2, -0.15) is 0 Å². The summed E-state index contributed by atoms with van der Waals surface area (Å²) >= 11 is 0. The van der Waals surface area contributed by atoms with E-state index in [0.717, 1.165) is 45.5 Å². The third kappa shape index (κ3) is 2.62. The monoisotopic (exact) mass is 249 g/mol. The van der Waals surface area contributed by atoms with Gasteiger partial charge in [-0.25, -0.2) is 9.97 Å². The molecule has 2 aliphatic rings. The highest BCUT2D eigenvalue weighted by atomic mass is 16.5. The molecule has 5 heteroatoms. The Kier molecular flexibility index (Phi) is 3.43. The van der Waals surface area contributed by atoms with Crippen LogP contribution in [0.4, 0.5) is 5.95 Å². The van der Waals surface area contributed by atoms with Crippen molar-refractivity contribution >= 4 is 5.95 Å². The number of hydrogen-bond acceptors (Lipinski definition) is 5. The van der Waals surface area contributed by atoms with Crippen LogP contribution < -0.4 is 5.32 Å². The molecule has 98 valence electrons. The van der Waals surface area contributed by atoms with Crippen LogP contribution in [0, 0.1) is 0 Å². The van der Waals surface area contributed by atoms with Gasteiger partial charge in [-0.1, -0.05) is 0 Å². The number of ether oxygens (including phenoxy) is 2. The smallest absolute Gasteiger partial charge is 0.222 e. The summed E-state index contributed by atoms with van der Waals surface area (Å²) in [5.41, 5.74) is 0.0168. The molecule has 1 N–H and O–H groups in total. The summed E-state index contributed by atoms with van der Waals surface area (Å²) in [6, 6.07) is 2.23. The third-order valence-corrected chi connectivity index (χ3v) is 3.80. The van der Waals surface area contributed by atoms with Gasteiger partial charge in [0.25, 0.3) is 0 Å². The van der Waals surface area contributed by atoms with E-state index in [9.17, 15) is 0 Å². The van der Waals surface area contributed by atoms with Crippen LogP contribution >= 0.6 is 0 Å². The average molecular weight is 249 g/mol. The molecular formula is C13H19N3O2. The Morgan fingerprint density at radius 1 is 1.17 bits per heavy atom. The lowest BCUT2D eigenvalue weighted by molar-refractivity contribution is -0.135. The average Bonchev–Trinajstić information content (AvgIpc) is 2.41. The van der Waals surface area contributed by atoms with E-state index in [4.69, 9.17) is 9.47 Å². The van der Waals surface area contributed by atoms with E-state index in [0.29, 0.717) is 12.0 Å². The van der Waals surface area contributed by atoms with Gasteiger partial charge in [-0.05, 0) is 31.7 Å². The van der Waals surface area contributed by atoms with Gasteiger partial charge >= 0.3 is 0 Å². The summed E-state index contributed by atoms with van der Waals surface area (Å²) in [4.78, 5) is 8.44. The number of anilines is 1. The van der Waals surface area contributed by atoms with Gasteiger partial charge < -0.3 is 14.8 Å². The van der Waals surface area contributed by atoms with Crippen molar-refractivity contribution in [2.45, 2.75) is 37.3 Å². The fraction of sp³-hybridized carbons (Fsp3) is 0.692. The molecule has 0 saturated carbocycles. The lowest BCUT2D eigenvalue weighted by Gasteiger charge is -2.43. The fourth-order valence-electron chi connectivity index (χ4n) is 2.80. The maximum absolute atomic E-state index is 6.01. The van der Waals surface area contributed by atoms with Crippen molar-refractivity contribution in [1.82, 2.24) is 9.97 Å². The molecule has 0 radical (unpaired) electrons. The number of nitrogens with one attached hydrogen (secondary N) is 1. The molecule has 1 spiro atoms. The molecule has 1 atom stereocenters. The van der Waals surface area contributed by atoms with Gasteiger partial charge in [0.15, 0.2) is 0 Å². The molecule has 3 heterocycles. The minimum atomic E-state index is 0.0168. The Labute approximate surface area is 107 Å². The summed E-state index contributed by atoms with van der Waals surface area (Å²) in [6.07, 6.45) is 7.56. The van der Waals surface area contributed by atoms with Crippen molar-refractivity contribution < 1.29 is 9.47 Å². The normalized spacial score (nSPS) is 27.0. The lowest BCUT2D eigenvalue weighted by atomic mass is 9.84. The van der Waals surface area contributed by atoms with Crippen LogP contribution in [-0.2, 0) is 9.47 Å². The van der Waals surface area contributed by atoms with Crippen LogP contribution in [0.3, 0.4) is 0 Å². The first-order chi connectivity index (χ1) is 8.86. The number of aromatic nitrogens is 2. The van der Waals surface area contributed by atoms with Gasteiger partial charge in [0.1, 0.15) is 0 Å². The quantitative estimate of drug-likeness (QED) is 0.863. The first-order valence-corrected chi connectivity index (χ1v) is 6.62. The molecule has 5 nitrogen and oxygen atoms in total. The summed E-state index contributed by atoms with van der Waals surface area (Å²) in [5, 5.41) is 3.41. The molecule has 2 fully saturated rings. The zero-order valence-electron chi connectivity index (χ0n) is 10.5. The standard InChI is InChI=1S/C13H19N3O2/c1-5-14-12(15-6-1)16-11-2-7-18-13(10-11)3-8-17-9-4-13/h1,5-6,11H,2-4,7-10H2,(H,14,15,16). The van der Waals surface area contributed by atoms with Crippen LogP contribution in [-0.4, -0.2) is 41.4 Å². The Balaban J connectivity index is 1.63. The zero-order chi connectivity index (χ0) is 12.3. The van der Waals surface area contributed by atoms with Crippen molar-refractivity contribution in [2.75, 3.05) is 25.1 Å². The van der Waals surface area contributed by atoms with Gasteiger partial charge in [0.05, 0.1) is 5.60 Å². The minimum Gasteiger partial charge on any atom is -0.381 e. The Morgan fingerprint density at radius 3 is 2.72 bits per heavy atom. The van der Waals surface area contributed by atoms with Crippen LogP contribution in [0.25, 0.3) is 0 Å². The van der Waals surface area contributed by atoms with E-state index in [2.05, 4.69) is 15.3 Å². The van der Waals surface area contributed by atoms with Crippen molar-refractivity contribution in [2.24, 2.45) is 0 Å². The molecule has 0 aromatic carbocycles. The van der Waals surface area contributed by atoms with E-state index in [1.54, 1.807) is 12.4 Å². The SMILES string of the molecule is c1cnc(NC2CCOC3(CCOCC3)C2)nc1. The molecule has 0 amide bonds. The summed E-state index contributed by atoms with van der Waals surface area (Å²) in [6.45, 7) is 2.44. The van der Waals surface area contributed by atoms with E-state index in [1.165, 1.54) is 0 Å². The molecule has 18 heavy (non-hydrogen) atoms. The van der Waals surface area contributed by atoms with Gasteiger partial charge in [-0.15, -0.1) is 0 Å². The Bertz CT molecular complexity index is 374. The van der Waals surface area contributed by atoms with Gasteiger partial charge in [-0.3, -0.25) is 0 Å². The number of hydrogen-bond donors (Lipinski definition) is 1. The Morgan fingerprint density at radius 2 is 1.94 bits per heavy atom. The number of nitrogens with zero attached hydrogens (tertiary/aromatic N) is 2. The Hall–Kier alpha value is -1.20. The first-order valence-electron chi connectivity index (χ1n) is 6.62. The highest BCUT2D eigenvalue weighted by Crippen LogP contribution is 2.34. The first kappa shape index (κ1) is 11.9. The molecule has 1 aromatic heterocycles. The van der Waals surface area contributed by atoms with E-state index in [-0.39, 0.29) is 5.60 Å². The van der Waals surface area contributed by atoms with Crippen molar-refractivity contribution in [1.29, 1.82) is 0 Å². The second kappa shape index (κ2) is 5.20. The van der Waals surface area contributed by atoms with Crippen LogP contribution in [0.1, 0.15) is 25.7 Å². The predicted octanol–water partition coefficient (Wildman–Crippen LogP) is 1.62. The molecule has 1 aromatic rings.